The summed E-state index contributed by atoms with van der Waals surface area (Å²) in [5, 5.41) is 26.2. The third-order valence-corrected chi connectivity index (χ3v) is 8.12. The summed E-state index contributed by atoms with van der Waals surface area (Å²) < 4.78 is 0. The predicted molar refractivity (Wildman–Crippen MR) is 128 cm³/mol. The van der Waals surface area contributed by atoms with Crippen LogP contribution < -0.4 is 5.32 Å². The molecule has 2 aliphatic carbocycles. The molecule has 1 aromatic rings. The van der Waals surface area contributed by atoms with Gasteiger partial charge in [-0.2, -0.15) is 0 Å². The molecule has 1 fully saturated rings. The van der Waals surface area contributed by atoms with E-state index < -0.39 is 23.5 Å². The Bertz CT molecular complexity index is 933. The molecule has 4 nitrogen and oxygen atoms in total. The quantitative estimate of drug-likeness (QED) is 0.610. The van der Waals surface area contributed by atoms with Gasteiger partial charge in [-0.25, -0.2) is 0 Å². The fourth-order valence-corrected chi connectivity index (χ4v) is 6.42. The molecule has 1 heterocycles. The van der Waals surface area contributed by atoms with Gasteiger partial charge in [-0.05, 0) is 56.1 Å². The van der Waals surface area contributed by atoms with Crippen molar-refractivity contribution in [2.24, 2.45) is 29.1 Å². The van der Waals surface area contributed by atoms with Gasteiger partial charge in [0.1, 0.15) is 0 Å². The lowest BCUT2D eigenvalue weighted by molar-refractivity contribution is -0.141. The zero-order valence-electron chi connectivity index (χ0n) is 19.7. The lowest BCUT2D eigenvalue weighted by Crippen LogP contribution is -2.57. The molecule has 3 aliphatic rings. The van der Waals surface area contributed by atoms with Crippen LogP contribution in [0.1, 0.15) is 46.1 Å². The summed E-state index contributed by atoms with van der Waals surface area (Å²) in [4.78, 5) is 13.8. The Hall–Kier alpha value is -2.17. The second kappa shape index (κ2) is 8.99. The molecule has 1 aliphatic heterocycles. The van der Waals surface area contributed by atoms with Gasteiger partial charge in [-0.3, -0.25) is 4.79 Å². The fraction of sp³-hybridized carbons (Fsp3) is 0.536. The van der Waals surface area contributed by atoms with Crippen LogP contribution in [0.4, 0.5) is 0 Å². The molecule has 1 amide bonds. The van der Waals surface area contributed by atoms with Crippen LogP contribution in [-0.2, 0) is 11.2 Å². The average molecular weight is 436 g/mol. The second-order valence-electron chi connectivity index (χ2n) is 10.3. The molecule has 1 aromatic carbocycles. The highest BCUT2D eigenvalue weighted by Crippen LogP contribution is 2.56. The van der Waals surface area contributed by atoms with Gasteiger partial charge in [0.25, 0.3) is 0 Å². The van der Waals surface area contributed by atoms with E-state index in [4.69, 9.17) is 0 Å². The number of rotatable bonds is 2. The van der Waals surface area contributed by atoms with Crippen LogP contribution in [0.15, 0.2) is 65.8 Å². The van der Waals surface area contributed by atoms with Crippen molar-refractivity contribution in [1.29, 1.82) is 0 Å². The molecule has 3 N–H and O–H groups in total. The van der Waals surface area contributed by atoms with Crippen LogP contribution in [0.2, 0.25) is 0 Å². The number of aliphatic hydroxyl groups excluding tert-OH is 2. The molecule has 0 saturated carbocycles. The molecule has 4 rings (SSSR count). The molecule has 0 radical (unpaired) electrons. The molecular weight excluding hydrogens is 398 g/mol. The molecule has 4 heteroatoms. The fourth-order valence-electron chi connectivity index (χ4n) is 6.42. The van der Waals surface area contributed by atoms with E-state index in [9.17, 15) is 15.0 Å². The van der Waals surface area contributed by atoms with Crippen molar-refractivity contribution < 1.29 is 15.0 Å². The molecule has 1 saturated heterocycles. The van der Waals surface area contributed by atoms with Crippen LogP contribution in [0.3, 0.4) is 0 Å². The number of nitrogens with one attached hydrogen (secondary N) is 1. The Kier molecular flexibility index (Phi) is 6.46. The molecule has 8 atom stereocenters. The summed E-state index contributed by atoms with van der Waals surface area (Å²) in [6.45, 7) is 8.38. The number of benzene rings is 1. The maximum atomic E-state index is 13.8. The normalized spacial score (nSPS) is 39.8. The Balaban J connectivity index is 1.86. The first-order chi connectivity index (χ1) is 15.3. The maximum Gasteiger partial charge on any atom is 0.230 e. The van der Waals surface area contributed by atoms with Crippen LogP contribution in [-0.4, -0.2) is 34.4 Å². The van der Waals surface area contributed by atoms with Gasteiger partial charge in [0.05, 0.1) is 17.6 Å². The van der Waals surface area contributed by atoms with Crippen molar-refractivity contribution in [2.45, 2.75) is 65.2 Å². The van der Waals surface area contributed by atoms with Crippen molar-refractivity contribution in [1.82, 2.24) is 5.32 Å². The number of hydrogen-bond donors (Lipinski definition) is 3. The van der Waals surface area contributed by atoms with Gasteiger partial charge < -0.3 is 15.5 Å². The predicted octanol–water partition coefficient (Wildman–Crippen LogP) is 4.20. The van der Waals surface area contributed by atoms with Gasteiger partial charge >= 0.3 is 0 Å². The average Bonchev–Trinajstić information content (AvgIpc) is 3.04. The summed E-state index contributed by atoms with van der Waals surface area (Å²) in [6.07, 6.45) is 8.86. The first-order valence-electron chi connectivity index (χ1n) is 12.0. The number of hydrogen-bond acceptors (Lipinski definition) is 3. The Morgan fingerprint density at radius 1 is 1.03 bits per heavy atom. The smallest absolute Gasteiger partial charge is 0.230 e. The first kappa shape index (κ1) is 23.0. The summed E-state index contributed by atoms with van der Waals surface area (Å²) in [6, 6.07) is 10.0. The highest BCUT2D eigenvalue weighted by Gasteiger charge is 2.65. The number of carbonyl (C=O) groups is 1. The molecule has 1 spiro atoms. The van der Waals surface area contributed by atoms with E-state index in [1.165, 1.54) is 0 Å². The SMILES string of the molecule is CC1=C(C)[C@H]2[C@H](Cc3ccccc3)NC(=O)[C@]23[C@H](O)C=C[C@@H](C)C[C@@H](C)CC=C[C@H]3[C@@H]1O. The van der Waals surface area contributed by atoms with Gasteiger partial charge in [0.2, 0.25) is 5.91 Å². The van der Waals surface area contributed by atoms with Crippen LogP contribution >= 0.6 is 0 Å². The van der Waals surface area contributed by atoms with E-state index >= 15 is 0 Å². The Morgan fingerprint density at radius 2 is 1.75 bits per heavy atom. The summed E-state index contributed by atoms with van der Waals surface area (Å²) in [7, 11) is 0. The molecule has 0 bridgehead atoms. The van der Waals surface area contributed by atoms with E-state index in [2.05, 4.69) is 43.4 Å². The second-order valence-corrected chi connectivity index (χ2v) is 10.3. The van der Waals surface area contributed by atoms with Crippen molar-refractivity contribution in [3.63, 3.8) is 0 Å². The van der Waals surface area contributed by atoms with Crippen LogP contribution in [0, 0.1) is 29.1 Å². The zero-order valence-corrected chi connectivity index (χ0v) is 19.7. The number of allylic oxidation sites excluding steroid dienone is 2. The number of amides is 1. The van der Waals surface area contributed by atoms with Gasteiger partial charge in [-0.15, -0.1) is 0 Å². The maximum absolute atomic E-state index is 13.8. The van der Waals surface area contributed by atoms with Gasteiger partial charge in [0, 0.05) is 17.9 Å². The first-order valence-corrected chi connectivity index (χ1v) is 12.0. The van der Waals surface area contributed by atoms with Crippen LogP contribution in [0.5, 0.6) is 0 Å². The summed E-state index contributed by atoms with van der Waals surface area (Å²) >= 11 is 0. The lowest BCUT2D eigenvalue weighted by Gasteiger charge is -2.48. The molecule has 0 unspecified atom stereocenters. The molecule has 32 heavy (non-hydrogen) atoms. The highest BCUT2D eigenvalue weighted by molar-refractivity contribution is 5.89. The molecular formula is C28H37NO3. The van der Waals surface area contributed by atoms with E-state index in [0.717, 1.165) is 29.6 Å². The summed E-state index contributed by atoms with van der Waals surface area (Å²) in [5.41, 5.74) is 1.97. The minimum atomic E-state index is -1.12. The Labute approximate surface area is 192 Å². The molecule has 172 valence electrons. The molecule has 0 aromatic heterocycles. The zero-order chi connectivity index (χ0) is 23.0. The standard InChI is InChI=1S/C28H37NO3/c1-17-9-8-12-22-26(31)20(4)19(3)25-23(16-21-10-6-5-7-11-21)29-27(32)28(22,25)24(30)14-13-18(2)15-17/h5-8,10-14,17-18,22-26,30-31H,9,15-16H2,1-4H3,(H,29,32)/t17-,18+,22-,23-,24+,25-,26+,28+/m0/s1. The highest BCUT2D eigenvalue weighted by atomic mass is 16.3. The van der Waals surface area contributed by atoms with E-state index in [1.807, 2.05) is 44.2 Å². The third kappa shape index (κ3) is 3.78. The van der Waals surface area contributed by atoms with Crippen molar-refractivity contribution in [3.05, 3.63) is 71.3 Å². The van der Waals surface area contributed by atoms with E-state index in [1.54, 1.807) is 0 Å². The van der Waals surface area contributed by atoms with E-state index in [0.29, 0.717) is 18.3 Å². The van der Waals surface area contributed by atoms with Crippen molar-refractivity contribution >= 4 is 5.91 Å². The van der Waals surface area contributed by atoms with Gasteiger partial charge in [-0.1, -0.05) is 74.1 Å². The lowest BCUT2D eigenvalue weighted by atomic mass is 9.54. The van der Waals surface area contributed by atoms with Gasteiger partial charge in [0.15, 0.2) is 0 Å². The number of aliphatic hydroxyl groups is 2. The monoisotopic (exact) mass is 435 g/mol. The van der Waals surface area contributed by atoms with Crippen molar-refractivity contribution in [2.75, 3.05) is 0 Å². The topological polar surface area (TPSA) is 69.6 Å². The summed E-state index contributed by atoms with van der Waals surface area (Å²) in [5.74, 6) is -0.00847. The third-order valence-electron chi connectivity index (χ3n) is 8.12. The largest absolute Gasteiger partial charge is 0.388 e. The van der Waals surface area contributed by atoms with Crippen molar-refractivity contribution in [3.8, 4) is 0 Å². The minimum Gasteiger partial charge on any atom is -0.388 e. The Morgan fingerprint density at radius 3 is 2.47 bits per heavy atom. The van der Waals surface area contributed by atoms with Crippen LogP contribution in [0.25, 0.3) is 0 Å². The minimum absolute atomic E-state index is 0.132. The van der Waals surface area contributed by atoms with E-state index in [-0.39, 0.29) is 17.9 Å². The number of carbonyl (C=O) groups excluding carboxylic acids is 1.